The molecule has 1 aliphatic rings. The summed E-state index contributed by atoms with van der Waals surface area (Å²) in [6.07, 6.45) is 7.04. The number of nitrogens with two attached hydrogens (primary N) is 1. The summed E-state index contributed by atoms with van der Waals surface area (Å²) < 4.78 is 1.52. The number of unbranched alkanes of at least 4 members (excludes halogenated alkanes) is 1. The molecule has 1 aromatic heterocycles. The number of piperidine rings is 1. The molecule has 0 spiro atoms. The van der Waals surface area contributed by atoms with E-state index in [9.17, 15) is 14.4 Å². The van der Waals surface area contributed by atoms with E-state index in [1.165, 1.54) is 30.2 Å². The molecular formula is C27H31ClN6O3. The van der Waals surface area contributed by atoms with Crippen LogP contribution in [0.3, 0.4) is 0 Å². The average molecular weight is 523 g/mol. The molecule has 37 heavy (non-hydrogen) atoms. The quantitative estimate of drug-likeness (QED) is 0.349. The van der Waals surface area contributed by atoms with Crippen molar-refractivity contribution in [2.75, 3.05) is 31.5 Å². The van der Waals surface area contributed by atoms with Gasteiger partial charge in [0.15, 0.2) is 5.69 Å². The Hall–Kier alpha value is -3.69. The first-order valence-corrected chi connectivity index (χ1v) is 12.9. The van der Waals surface area contributed by atoms with Gasteiger partial charge in [0.1, 0.15) is 12.0 Å². The second-order valence-electron chi connectivity index (χ2n) is 9.02. The van der Waals surface area contributed by atoms with Crippen molar-refractivity contribution < 1.29 is 14.4 Å². The highest BCUT2D eigenvalue weighted by Gasteiger charge is 2.23. The molecule has 0 aliphatic carbocycles. The average Bonchev–Trinajstić information content (AvgIpc) is 3.35. The number of imidazole rings is 1. The van der Waals surface area contributed by atoms with Gasteiger partial charge in [-0.05, 0) is 81.7 Å². The summed E-state index contributed by atoms with van der Waals surface area (Å²) >= 11 is 6.11. The number of halogens is 1. The van der Waals surface area contributed by atoms with Gasteiger partial charge in [-0.15, -0.1) is 0 Å². The number of hydrogen-bond donors (Lipinski definition) is 3. The maximum Gasteiger partial charge on any atom is 0.270 e. The van der Waals surface area contributed by atoms with E-state index >= 15 is 0 Å². The highest BCUT2D eigenvalue weighted by Crippen LogP contribution is 2.20. The van der Waals surface area contributed by atoms with Crippen LogP contribution < -0.4 is 16.4 Å². The van der Waals surface area contributed by atoms with Gasteiger partial charge >= 0.3 is 0 Å². The Labute approximate surface area is 221 Å². The van der Waals surface area contributed by atoms with Crippen LogP contribution in [0.4, 0.5) is 5.69 Å². The van der Waals surface area contributed by atoms with E-state index in [1.807, 2.05) is 0 Å². The summed E-state index contributed by atoms with van der Waals surface area (Å²) in [5.74, 6) is -1.53. The van der Waals surface area contributed by atoms with Crippen LogP contribution in [0.2, 0.25) is 5.02 Å². The first-order valence-electron chi connectivity index (χ1n) is 12.5. The van der Waals surface area contributed by atoms with Gasteiger partial charge in [0, 0.05) is 17.9 Å². The molecule has 1 aliphatic heterocycles. The minimum absolute atomic E-state index is 0.0800. The zero-order valence-electron chi connectivity index (χ0n) is 20.6. The number of anilines is 1. The topological polar surface area (TPSA) is 122 Å². The van der Waals surface area contributed by atoms with Gasteiger partial charge in [0.25, 0.3) is 17.7 Å². The van der Waals surface area contributed by atoms with Crippen LogP contribution in [0.15, 0.2) is 54.9 Å². The highest BCUT2D eigenvalue weighted by molar-refractivity contribution is 6.34. The number of benzene rings is 2. The second kappa shape index (κ2) is 12.5. The predicted molar refractivity (Wildman–Crippen MR) is 143 cm³/mol. The number of aromatic nitrogens is 2. The molecule has 9 nitrogen and oxygen atoms in total. The van der Waals surface area contributed by atoms with Crippen molar-refractivity contribution in [3.63, 3.8) is 0 Å². The molecule has 1 saturated heterocycles. The lowest BCUT2D eigenvalue weighted by molar-refractivity contribution is 0.0927. The Balaban J connectivity index is 1.40. The van der Waals surface area contributed by atoms with E-state index in [0.29, 0.717) is 28.5 Å². The number of nitrogens with one attached hydrogen (secondary N) is 2. The van der Waals surface area contributed by atoms with Crippen LogP contribution in [0.1, 0.15) is 63.4 Å². The molecule has 10 heteroatoms. The lowest BCUT2D eigenvalue weighted by Gasteiger charge is -2.26. The highest BCUT2D eigenvalue weighted by atomic mass is 35.5. The fourth-order valence-electron chi connectivity index (χ4n) is 4.42. The Morgan fingerprint density at radius 3 is 2.38 bits per heavy atom. The third-order valence-electron chi connectivity index (χ3n) is 6.37. The van der Waals surface area contributed by atoms with Gasteiger partial charge in [-0.2, -0.15) is 0 Å². The molecule has 0 bridgehead atoms. The van der Waals surface area contributed by atoms with Gasteiger partial charge in [-0.25, -0.2) is 4.98 Å². The summed E-state index contributed by atoms with van der Waals surface area (Å²) in [4.78, 5) is 44.1. The second-order valence-corrected chi connectivity index (χ2v) is 9.43. The Morgan fingerprint density at radius 1 is 0.946 bits per heavy atom. The SMILES string of the molecule is NC(=O)c1ncn(-c2ccc(NC(=O)c3ccccc3Cl)cc2)c1C(=O)NCCCCN1CCCCC1. The molecule has 4 N–H and O–H groups in total. The van der Waals surface area contributed by atoms with E-state index in [-0.39, 0.29) is 17.3 Å². The minimum atomic E-state index is -0.780. The summed E-state index contributed by atoms with van der Waals surface area (Å²) in [7, 11) is 0. The Kier molecular flexibility index (Phi) is 8.92. The number of nitrogens with zero attached hydrogens (tertiary/aromatic N) is 3. The van der Waals surface area contributed by atoms with Crippen LogP contribution in [-0.2, 0) is 0 Å². The maximum absolute atomic E-state index is 13.0. The maximum atomic E-state index is 13.0. The van der Waals surface area contributed by atoms with Crippen molar-refractivity contribution in [1.82, 2.24) is 19.8 Å². The molecule has 3 aromatic rings. The molecule has 194 valence electrons. The number of carbonyl (C=O) groups excluding carboxylic acids is 3. The molecule has 2 heterocycles. The molecule has 0 radical (unpaired) electrons. The largest absolute Gasteiger partial charge is 0.364 e. The summed E-state index contributed by atoms with van der Waals surface area (Å²) in [5, 5.41) is 6.05. The number of hydrogen-bond acceptors (Lipinski definition) is 5. The normalized spacial score (nSPS) is 13.8. The predicted octanol–water partition coefficient (Wildman–Crippen LogP) is 3.87. The Bertz CT molecular complexity index is 1250. The molecule has 0 unspecified atom stereocenters. The standard InChI is InChI=1S/C27H31ClN6O3/c28-22-9-3-2-8-21(22)26(36)32-19-10-12-20(13-11-19)34-18-31-23(25(29)35)24(34)27(37)30-14-4-7-17-33-15-5-1-6-16-33/h2-3,8-13,18H,1,4-7,14-17H2,(H2,29,35)(H,30,37)(H,32,36). The number of likely N-dealkylation sites (tertiary alicyclic amines) is 1. The van der Waals surface area contributed by atoms with Crippen LogP contribution >= 0.6 is 11.6 Å². The fourth-order valence-corrected chi connectivity index (χ4v) is 4.64. The van der Waals surface area contributed by atoms with Gasteiger partial charge in [-0.1, -0.05) is 30.2 Å². The third kappa shape index (κ3) is 6.75. The molecular weight excluding hydrogens is 492 g/mol. The smallest absolute Gasteiger partial charge is 0.270 e. The lowest BCUT2D eigenvalue weighted by atomic mass is 10.1. The lowest BCUT2D eigenvalue weighted by Crippen LogP contribution is -2.32. The molecule has 0 saturated carbocycles. The van der Waals surface area contributed by atoms with Crippen LogP contribution in [0.25, 0.3) is 5.69 Å². The summed E-state index contributed by atoms with van der Waals surface area (Å²) in [5.41, 5.74) is 6.97. The van der Waals surface area contributed by atoms with Gasteiger partial charge in [0.05, 0.1) is 10.6 Å². The van der Waals surface area contributed by atoms with Gasteiger partial charge in [0.2, 0.25) is 0 Å². The molecule has 4 rings (SSSR count). The fraction of sp³-hybridized carbons (Fsp3) is 0.333. The van der Waals surface area contributed by atoms with Gasteiger partial charge < -0.3 is 21.3 Å². The van der Waals surface area contributed by atoms with Crippen molar-refractivity contribution in [2.24, 2.45) is 5.73 Å². The van der Waals surface area contributed by atoms with Gasteiger partial charge in [-0.3, -0.25) is 19.0 Å². The number of rotatable bonds is 10. The van der Waals surface area contributed by atoms with Crippen molar-refractivity contribution in [1.29, 1.82) is 0 Å². The van der Waals surface area contributed by atoms with Crippen LogP contribution in [0, 0.1) is 0 Å². The summed E-state index contributed by atoms with van der Waals surface area (Å²) in [6, 6.07) is 13.6. The van der Waals surface area contributed by atoms with E-state index in [2.05, 4.69) is 20.5 Å². The van der Waals surface area contributed by atoms with Crippen molar-refractivity contribution in [3.05, 3.63) is 76.8 Å². The van der Waals surface area contributed by atoms with Crippen LogP contribution in [-0.4, -0.2) is 58.4 Å². The first kappa shape index (κ1) is 26.4. The van der Waals surface area contributed by atoms with Crippen molar-refractivity contribution in [2.45, 2.75) is 32.1 Å². The molecule has 3 amide bonds. The monoisotopic (exact) mass is 522 g/mol. The zero-order valence-corrected chi connectivity index (χ0v) is 21.3. The van der Waals surface area contributed by atoms with Crippen LogP contribution in [0.5, 0.6) is 0 Å². The van der Waals surface area contributed by atoms with E-state index in [4.69, 9.17) is 17.3 Å². The molecule has 1 fully saturated rings. The number of carbonyl (C=O) groups is 3. The van der Waals surface area contributed by atoms with Crippen molar-refractivity contribution >= 4 is 35.0 Å². The number of amides is 3. The van der Waals surface area contributed by atoms with E-state index in [1.54, 1.807) is 48.5 Å². The van der Waals surface area contributed by atoms with E-state index in [0.717, 1.165) is 32.5 Å². The Morgan fingerprint density at radius 2 is 1.68 bits per heavy atom. The summed E-state index contributed by atoms with van der Waals surface area (Å²) in [6.45, 7) is 3.81. The molecule has 0 atom stereocenters. The number of primary amides is 1. The zero-order chi connectivity index (χ0) is 26.2. The minimum Gasteiger partial charge on any atom is -0.364 e. The first-order chi connectivity index (χ1) is 17.9. The van der Waals surface area contributed by atoms with E-state index < -0.39 is 11.8 Å². The third-order valence-corrected chi connectivity index (χ3v) is 6.70. The van der Waals surface area contributed by atoms with Crippen molar-refractivity contribution in [3.8, 4) is 5.69 Å². The molecule has 2 aromatic carbocycles.